The number of ether oxygens (including phenoxy) is 2. The molecule has 0 spiro atoms. The molecular weight excluding hydrogens is 310 g/mol. The molecule has 3 rings (SSSR count). The minimum absolute atomic E-state index is 0.0783. The van der Waals surface area contributed by atoms with Gasteiger partial charge in [0.15, 0.2) is 0 Å². The summed E-state index contributed by atoms with van der Waals surface area (Å²) in [6.45, 7) is 6.49. The van der Waals surface area contributed by atoms with Gasteiger partial charge in [-0.1, -0.05) is 0 Å². The number of carbonyl (C=O) groups is 2. The highest BCUT2D eigenvalue weighted by Crippen LogP contribution is 2.21. The van der Waals surface area contributed by atoms with Crippen LogP contribution in [0.15, 0.2) is 18.3 Å². The van der Waals surface area contributed by atoms with Crippen molar-refractivity contribution in [3.8, 4) is 5.75 Å². The molecule has 7 nitrogen and oxygen atoms in total. The number of aromatic nitrogens is 1. The monoisotopic (exact) mass is 333 g/mol. The summed E-state index contributed by atoms with van der Waals surface area (Å²) in [4.78, 5) is 29.4. The molecule has 1 saturated carbocycles. The van der Waals surface area contributed by atoms with Crippen molar-refractivity contribution in [2.45, 2.75) is 51.4 Å². The zero-order valence-electron chi connectivity index (χ0n) is 14.2. The first-order valence-electron chi connectivity index (χ1n) is 8.22. The normalized spacial score (nSPS) is 17.9. The molecule has 0 radical (unpaired) electrons. The molecular formula is C17H23N3O4. The molecule has 0 bridgehead atoms. The van der Waals surface area contributed by atoms with Crippen LogP contribution >= 0.6 is 0 Å². The van der Waals surface area contributed by atoms with Gasteiger partial charge in [-0.05, 0) is 45.7 Å². The third-order valence-corrected chi connectivity index (χ3v) is 3.68. The Balaban J connectivity index is 1.44. The van der Waals surface area contributed by atoms with Crippen LogP contribution in [-0.2, 0) is 4.74 Å². The first kappa shape index (κ1) is 16.5. The Morgan fingerprint density at radius 2 is 1.96 bits per heavy atom. The molecule has 2 fully saturated rings. The highest BCUT2D eigenvalue weighted by atomic mass is 16.6. The van der Waals surface area contributed by atoms with Crippen molar-refractivity contribution in [3.05, 3.63) is 24.0 Å². The van der Waals surface area contributed by atoms with Crippen LogP contribution in [0.3, 0.4) is 0 Å². The highest BCUT2D eigenvalue weighted by molar-refractivity contribution is 5.92. The Morgan fingerprint density at radius 1 is 1.25 bits per heavy atom. The molecule has 1 N–H and O–H groups in total. The van der Waals surface area contributed by atoms with E-state index in [0.29, 0.717) is 30.6 Å². The van der Waals surface area contributed by atoms with E-state index < -0.39 is 5.60 Å². The maximum Gasteiger partial charge on any atom is 0.410 e. The van der Waals surface area contributed by atoms with Crippen molar-refractivity contribution in [2.75, 3.05) is 13.1 Å². The fourth-order valence-electron chi connectivity index (χ4n) is 2.25. The lowest BCUT2D eigenvalue weighted by Gasteiger charge is -2.39. The summed E-state index contributed by atoms with van der Waals surface area (Å²) >= 11 is 0. The fraction of sp³-hybridized carbons (Fsp3) is 0.588. The van der Waals surface area contributed by atoms with E-state index >= 15 is 0 Å². The number of rotatable bonds is 4. The highest BCUT2D eigenvalue weighted by Gasteiger charge is 2.35. The van der Waals surface area contributed by atoms with E-state index in [1.54, 1.807) is 17.0 Å². The van der Waals surface area contributed by atoms with Crippen LogP contribution in [-0.4, -0.2) is 52.7 Å². The molecule has 0 aromatic carbocycles. The molecule has 1 aromatic rings. The minimum Gasteiger partial charge on any atom is -0.485 e. The van der Waals surface area contributed by atoms with E-state index in [0.717, 1.165) is 12.8 Å². The van der Waals surface area contributed by atoms with E-state index in [1.807, 2.05) is 20.8 Å². The second-order valence-electron chi connectivity index (χ2n) is 7.25. The van der Waals surface area contributed by atoms with Gasteiger partial charge in [0.1, 0.15) is 23.1 Å². The number of nitrogens with zero attached hydrogens (tertiary/aromatic N) is 2. The summed E-state index contributed by atoms with van der Waals surface area (Å²) in [5.41, 5.74) is -0.109. The number of likely N-dealkylation sites (tertiary alicyclic amines) is 1. The molecule has 2 amide bonds. The number of carbonyl (C=O) groups excluding carboxylic acids is 2. The summed E-state index contributed by atoms with van der Waals surface area (Å²) in [7, 11) is 0. The quantitative estimate of drug-likeness (QED) is 0.911. The van der Waals surface area contributed by atoms with Crippen molar-refractivity contribution < 1.29 is 19.1 Å². The Bertz CT molecular complexity index is 614. The lowest BCUT2D eigenvalue weighted by Crippen LogP contribution is -2.57. The molecule has 24 heavy (non-hydrogen) atoms. The van der Waals surface area contributed by atoms with Gasteiger partial charge in [0.2, 0.25) is 0 Å². The molecule has 1 saturated heterocycles. The molecule has 1 aliphatic heterocycles. The molecule has 0 atom stereocenters. The van der Waals surface area contributed by atoms with Crippen LogP contribution < -0.4 is 10.1 Å². The van der Waals surface area contributed by atoms with Crippen molar-refractivity contribution in [1.29, 1.82) is 0 Å². The van der Waals surface area contributed by atoms with E-state index in [2.05, 4.69) is 10.3 Å². The standard InChI is InChI=1S/C17H23N3O4/c1-17(2,3)24-16(22)20-9-13(10-20)23-12-6-7-14(18-8-12)15(21)19-11-4-5-11/h6-8,11,13H,4-5,9-10H2,1-3H3,(H,19,21). The third kappa shape index (κ3) is 4.37. The smallest absolute Gasteiger partial charge is 0.410 e. The molecule has 1 aliphatic carbocycles. The Kier molecular flexibility index (Phi) is 4.34. The minimum atomic E-state index is -0.496. The molecule has 1 aromatic heterocycles. The summed E-state index contributed by atoms with van der Waals surface area (Å²) in [5, 5.41) is 2.89. The summed E-state index contributed by atoms with van der Waals surface area (Å²) in [5.74, 6) is 0.440. The lowest BCUT2D eigenvalue weighted by molar-refractivity contribution is -0.0222. The second-order valence-corrected chi connectivity index (χ2v) is 7.25. The van der Waals surface area contributed by atoms with E-state index in [9.17, 15) is 9.59 Å². The fourth-order valence-corrected chi connectivity index (χ4v) is 2.25. The number of hydrogen-bond acceptors (Lipinski definition) is 5. The predicted molar refractivity (Wildman–Crippen MR) is 86.9 cm³/mol. The third-order valence-electron chi connectivity index (χ3n) is 3.68. The van der Waals surface area contributed by atoms with Gasteiger partial charge in [-0.15, -0.1) is 0 Å². The Morgan fingerprint density at radius 3 is 2.50 bits per heavy atom. The van der Waals surface area contributed by atoms with Crippen LogP contribution in [0, 0.1) is 0 Å². The van der Waals surface area contributed by atoms with Gasteiger partial charge < -0.3 is 19.7 Å². The topological polar surface area (TPSA) is 80.8 Å². The van der Waals surface area contributed by atoms with Gasteiger partial charge in [-0.25, -0.2) is 9.78 Å². The van der Waals surface area contributed by atoms with Gasteiger partial charge in [-0.3, -0.25) is 4.79 Å². The maximum absolute atomic E-state index is 11.9. The zero-order chi connectivity index (χ0) is 17.3. The van der Waals surface area contributed by atoms with Crippen LogP contribution in [0.4, 0.5) is 4.79 Å². The van der Waals surface area contributed by atoms with Crippen LogP contribution in [0.5, 0.6) is 5.75 Å². The molecule has 0 unspecified atom stereocenters. The molecule has 130 valence electrons. The SMILES string of the molecule is CC(C)(C)OC(=O)N1CC(Oc2ccc(C(=O)NC3CC3)nc2)C1. The number of hydrogen-bond donors (Lipinski definition) is 1. The van der Waals surface area contributed by atoms with Crippen molar-refractivity contribution in [2.24, 2.45) is 0 Å². The van der Waals surface area contributed by atoms with Gasteiger partial charge in [0.05, 0.1) is 19.3 Å². The largest absolute Gasteiger partial charge is 0.485 e. The number of nitrogens with one attached hydrogen (secondary N) is 1. The van der Waals surface area contributed by atoms with Crippen LogP contribution in [0.25, 0.3) is 0 Å². The molecule has 2 aliphatic rings. The first-order valence-corrected chi connectivity index (χ1v) is 8.22. The van der Waals surface area contributed by atoms with Crippen LogP contribution in [0.2, 0.25) is 0 Å². The van der Waals surface area contributed by atoms with Crippen molar-refractivity contribution in [1.82, 2.24) is 15.2 Å². The van der Waals surface area contributed by atoms with E-state index in [4.69, 9.17) is 9.47 Å². The average Bonchev–Trinajstić information content (AvgIpc) is 3.24. The van der Waals surface area contributed by atoms with Gasteiger partial charge in [0, 0.05) is 6.04 Å². The first-order chi connectivity index (χ1) is 11.3. The average molecular weight is 333 g/mol. The number of pyridine rings is 1. The second kappa shape index (κ2) is 6.30. The van der Waals surface area contributed by atoms with Gasteiger partial charge in [0.25, 0.3) is 5.91 Å². The van der Waals surface area contributed by atoms with E-state index in [-0.39, 0.29) is 18.1 Å². The summed E-state index contributed by atoms with van der Waals surface area (Å²) < 4.78 is 11.0. The Labute approximate surface area is 141 Å². The van der Waals surface area contributed by atoms with Crippen molar-refractivity contribution >= 4 is 12.0 Å². The van der Waals surface area contributed by atoms with Crippen LogP contribution in [0.1, 0.15) is 44.1 Å². The van der Waals surface area contributed by atoms with Gasteiger partial charge >= 0.3 is 6.09 Å². The summed E-state index contributed by atoms with van der Waals surface area (Å²) in [6, 6.07) is 3.69. The van der Waals surface area contributed by atoms with Crippen molar-refractivity contribution in [3.63, 3.8) is 0 Å². The lowest BCUT2D eigenvalue weighted by atomic mass is 10.1. The molecule has 2 heterocycles. The van der Waals surface area contributed by atoms with E-state index in [1.165, 1.54) is 6.20 Å². The molecule has 7 heteroatoms. The summed E-state index contributed by atoms with van der Waals surface area (Å²) in [6.07, 6.45) is 3.22. The van der Waals surface area contributed by atoms with Gasteiger partial charge in [-0.2, -0.15) is 0 Å². The maximum atomic E-state index is 11.9. The predicted octanol–water partition coefficient (Wildman–Crippen LogP) is 1.97. The number of amides is 2. The zero-order valence-corrected chi connectivity index (χ0v) is 14.2. The Hall–Kier alpha value is -2.31.